The van der Waals surface area contributed by atoms with Crippen molar-refractivity contribution in [3.63, 3.8) is 0 Å². The quantitative estimate of drug-likeness (QED) is 0.726. The Morgan fingerprint density at radius 2 is 1.45 bits per heavy atom. The molecule has 0 spiro atoms. The Labute approximate surface area is 173 Å². The number of anilines is 1. The molecule has 0 unspecified atom stereocenters. The van der Waals surface area contributed by atoms with Crippen molar-refractivity contribution in [2.24, 2.45) is 5.73 Å². The van der Waals surface area contributed by atoms with E-state index in [-0.39, 0.29) is 0 Å². The number of nitrogens with zero attached hydrogens (tertiary/aromatic N) is 2. The van der Waals surface area contributed by atoms with Crippen LogP contribution in [0.2, 0.25) is 0 Å². The summed E-state index contributed by atoms with van der Waals surface area (Å²) in [5, 5.41) is 0. The van der Waals surface area contributed by atoms with Crippen LogP contribution < -0.4 is 20.1 Å². The highest BCUT2D eigenvalue weighted by Crippen LogP contribution is 2.25. The van der Waals surface area contributed by atoms with E-state index in [0.717, 1.165) is 54.6 Å². The summed E-state index contributed by atoms with van der Waals surface area (Å²) in [6.07, 6.45) is 5.74. The van der Waals surface area contributed by atoms with Crippen LogP contribution in [0.4, 0.5) is 5.69 Å². The first-order chi connectivity index (χ1) is 14.2. The molecule has 2 aromatic rings. The van der Waals surface area contributed by atoms with Gasteiger partial charge in [-0.25, -0.2) is 0 Å². The Hall–Kier alpha value is -3.34. The summed E-state index contributed by atoms with van der Waals surface area (Å²) in [7, 11) is 3.35. The van der Waals surface area contributed by atoms with Gasteiger partial charge < -0.3 is 25.0 Å². The third kappa shape index (κ3) is 4.93. The van der Waals surface area contributed by atoms with Crippen LogP contribution in [0, 0.1) is 0 Å². The molecule has 2 aromatic carbocycles. The molecule has 2 N–H and O–H groups in total. The predicted molar refractivity (Wildman–Crippen MR) is 120 cm³/mol. The molecule has 0 amide bonds. The van der Waals surface area contributed by atoms with Crippen LogP contribution in [0.25, 0.3) is 5.70 Å². The number of nitrogens with two attached hydrogens (primary N) is 1. The molecule has 1 aliphatic rings. The first-order valence-corrected chi connectivity index (χ1v) is 9.73. The number of hydrogen-bond donors (Lipinski definition) is 1. The maximum Gasteiger partial charge on any atom is 0.119 e. The molecule has 1 aliphatic heterocycles. The second-order valence-electron chi connectivity index (χ2n) is 6.79. The standard InChI is InChI=1S/C24H29N3O2/c1-4-5-6-23(24(25)19-7-11-21(28-2)12-8-19)27-17-15-26(16-18-27)20-9-13-22(29-3)14-10-20/h4-14H,1,15-18,25H2,2-3H3/b6-5-,24-23+. The third-order valence-electron chi connectivity index (χ3n) is 5.13. The molecule has 3 rings (SSSR count). The lowest BCUT2D eigenvalue weighted by molar-refractivity contribution is 0.331. The minimum absolute atomic E-state index is 0.753. The molecule has 0 radical (unpaired) electrons. The molecule has 5 heteroatoms. The zero-order chi connectivity index (χ0) is 20.6. The molecule has 0 saturated carbocycles. The van der Waals surface area contributed by atoms with Crippen LogP contribution >= 0.6 is 0 Å². The molecule has 1 saturated heterocycles. The Kier molecular flexibility index (Phi) is 6.85. The molecule has 29 heavy (non-hydrogen) atoms. The van der Waals surface area contributed by atoms with E-state index in [1.165, 1.54) is 5.69 Å². The van der Waals surface area contributed by atoms with Crippen LogP contribution in [0.15, 0.2) is 79.0 Å². The van der Waals surface area contributed by atoms with Crippen molar-refractivity contribution in [3.05, 3.63) is 84.6 Å². The van der Waals surface area contributed by atoms with Gasteiger partial charge in [-0.15, -0.1) is 0 Å². The summed E-state index contributed by atoms with van der Waals surface area (Å²) >= 11 is 0. The number of methoxy groups -OCH3 is 2. The largest absolute Gasteiger partial charge is 0.497 e. The molecule has 1 heterocycles. The molecular formula is C24H29N3O2. The number of benzene rings is 2. The number of ether oxygens (including phenoxy) is 2. The van der Waals surface area contributed by atoms with E-state index in [0.29, 0.717) is 0 Å². The fourth-order valence-corrected chi connectivity index (χ4v) is 3.44. The summed E-state index contributed by atoms with van der Waals surface area (Å²) in [5.41, 5.74) is 10.5. The Morgan fingerprint density at radius 3 is 1.97 bits per heavy atom. The second-order valence-corrected chi connectivity index (χ2v) is 6.79. The van der Waals surface area contributed by atoms with E-state index in [1.807, 2.05) is 48.6 Å². The van der Waals surface area contributed by atoms with E-state index in [2.05, 4.69) is 28.5 Å². The number of piperazine rings is 1. The Morgan fingerprint density at radius 1 is 0.897 bits per heavy atom. The minimum atomic E-state index is 0.753. The van der Waals surface area contributed by atoms with Crippen molar-refractivity contribution in [3.8, 4) is 11.5 Å². The lowest BCUT2D eigenvalue weighted by Gasteiger charge is -2.38. The van der Waals surface area contributed by atoms with Gasteiger partial charge in [-0.1, -0.05) is 18.7 Å². The van der Waals surface area contributed by atoms with Crippen LogP contribution in [0.1, 0.15) is 5.56 Å². The van der Waals surface area contributed by atoms with Gasteiger partial charge in [-0.3, -0.25) is 0 Å². The molecule has 152 valence electrons. The molecule has 5 nitrogen and oxygen atoms in total. The fourth-order valence-electron chi connectivity index (χ4n) is 3.44. The number of allylic oxidation sites excluding steroid dienone is 3. The van der Waals surface area contributed by atoms with Crippen molar-refractivity contribution >= 4 is 11.4 Å². The first-order valence-electron chi connectivity index (χ1n) is 9.73. The van der Waals surface area contributed by atoms with Gasteiger partial charge in [0, 0.05) is 31.9 Å². The highest BCUT2D eigenvalue weighted by atomic mass is 16.5. The topological polar surface area (TPSA) is 51.0 Å². The second kappa shape index (κ2) is 9.73. The molecule has 0 bridgehead atoms. The van der Waals surface area contributed by atoms with Gasteiger partial charge in [-0.2, -0.15) is 0 Å². The summed E-state index contributed by atoms with van der Waals surface area (Å²) in [6, 6.07) is 16.1. The van der Waals surface area contributed by atoms with Crippen LogP contribution in [0.3, 0.4) is 0 Å². The highest BCUT2D eigenvalue weighted by Gasteiger charge is 2.20. The van der Waals surface area contributed by atoms with Crippen molar-refractivity contribution in [2.75, 3.05) is 45.3 Å². The SMILES string of the molecule is C=C/C=C\C(=C(/N)c1ccc(OC)cc1)N1CCN(c2ccc(OC)cc2)CC1. The van der Waals surface area contributed by atoms with Gasteiger partial charge in [0.1, 0.15) is 11.5 Å². The monoisotopic (exact) mass is 391 g/mol. The molecule has 0 atom stereocenters. The number of rotatable bonds is 7. The van der Waals surface area contributed by atoms with Crippen LogP contribution in [-0.4, -0.2) is 45.3 Å². The maximum atomic E-state index is 6.56. The van der Waals surface area contributed by atoms with Gasteiger partial charge in [0.2, 0.25) is 0 Å². The van der Waals surface area contributed by atoms with Crippen LogP contribution in [0.5, 0.6) is 11.5 Å². The third-order valence-corrected chi connectivity index (χ3v) is 5.13. The average Bonchev–Trinajstić information content (AvgIpc) is 2.79. The lowest BCUT2D eigenvalue weighted by Crippen LogP contribution is -2.46. The first kappa shape index (κ1) is 20.4. The van der Waals surface area contributed by atoms with Crippen molar-refractivity contribution < 1.29 is 9.47 Å². The molecule has 1 fully saturated rings. The van der Waals surface area contributed by atoms with Gasteiger partial charge in [0.15, 0.2) is 0 Å². The zero-order valence-electron chi connectivity index (χ0n) is 17.2. The summed E-state index contributed by atoms with van der Waals surface area (Å²) in [6.45, 7) is 7.42. The van der Waals surface area contributed by atoms with Crippen LogP contribution in [-0.2, 0) is 0 Å². The number of hydrogen-bond acceptors (Lipinski definition) is 5. The van der Waals surface area contributed by atoms with Crippen molar-refractivity contribution in [1.29, 1.82) is 0 Å². The fraction of sp³-hybridized carbons (Fsp3) is 0.250. The maximum absolute atomic E-state index is 6.56. The lowest BCUT2D eigenvalue weighted by atomic mass is 10.1. The van der Waals surface area contributed by atoms with Gasteiger partial charge >= 0.3 is 0 Å². The van der Waals surface area contributed by atoms with Crippen molar-refractivity contribution in [1.82, 2.24) is 4.90 Å². The van der Waals surface area contributed by atoms with E-state index < -0.39 is 0 Å². The van der Waals surface area contributed by atoms with Gasteiger partial charge in [0.05, 0.1) is 25.6 Å². The Bertz CT molecular complexity index is 862. The van der Waals surface area contributed by atoms with Crippen molar-refractivity contribution in [2.45, 2.75) is 0 Å². The Balaban J connectivity index is 1.77. The smallest absolute Gasteiger partial charge is 0.119 e. The minimum Gasteiger partial charge on any atom is -0.497 e. The predicted octanol–water partition coefficient (Wildman–Crippen LogP) is 3.90. The average molecular weight is 392 g/mol. The van der Waals surface area contributed by atoms with Gasteiger partial charge in [-0.05, 0) is 60.2 Å². The summed E-state index contributed by atoms with van der Waals surface area (Å²) < 4.78 is 10.5. The van der Waals surface area contributed by atoms with Gasteiger partial charge in [0.25, 0.3) is 0 Å². The molecule has 0 aliphatic carbocycles. The zero-order valence-corrected chi connectivity index (χ0v) is 17.2. The highest BCUT2D eigenvalue weighted by molar-refractivity contribution is 5.68. The summed E-state index contributed by atoms with van der Waals surface area (Å²) in [5.74, 6) is 1.69. The van der Waals surface area contributed by atoms with E-state index in [9.17, 15) is 0 Å². The van der Waals surface area contributed by atoms with E-state index in [4.69, 9.17) is 15.2 Å². The molecule has 0 aromatic heterocycles. The normalized spacial score (nSPS) is 15.2. The summed E-state index contributed by atoms with van der Waals surface area (Å²) in [4.78, 5) is 4.72. The molecular weight excluding hydrogens is 362 g/mol. The van der Waals surface area contributed by atoms with E-state index >= 15 is 0 Å². The van der Waals surface area contributed by atoms with E-state index in [1.54, 1.807) is 20.3 Å².